The standard InChI is InChI=1S/C15H20N2O2/c18-17(19)15-7-2-1-6-14(15)16-13-9-11-4-3-5-12(8-11)10-13/h1-2,6-7,11-13,16H,3-5,8-10H2. The Hall–Kier alpha value is -1.58. The Bertz CT molecular complexity index is 463. The number of nitro groups is 1. The quantitative estimate of drug-likeness (QED) is 0.660. The van der Waals surface area contributed by atoms with Gasteiger partial charge in [0.05, 0.1) is 4.92 Å². The van der Waals surface area contributed by atoms with Gasteiger partial charge >= 0.3 is 0 Å². The van der Waals surface area contributed by atoms with E-state index in [0.717, 1.165) is 11.8 Å². The first-order valence-corrected chi connectivity index (χ1v) is 7.22. The number of rotatable bonds is 3. The third kappa shape index (κ3) is 2.72. The normalized spacial score (nSPS) is 29.8. The molecule has 2 aliphatic rings. The predicted octanol–water partition coefficient (Wildman–Crippen LogP) is 3.98. The molecule has 1 aromatic rings. The van der Waals surface area contributed by atoms with Gasteiger partial charge in [0.15, 0.2) is 0 Å². The highest BCUT2D eigenvalue weighted by atomic mass is 16.6. The van der Waals surface area contributed by atoms with Crippen LogP contribution in [0.1, 0.15) is 38.5 Å². The second kappa shape index (κ2) is 5.19. The van der Waals surface area contributed by atoms with E-state index in [0.29, 0.717) is 11.7 Å². The molecule has 0 aliphatic heterocycles. The van der Waals surface area contributed by atoms with E-state index in [2.05, 4.69) is 5.32 Å². The van der Waals surface area contributed by atoms with Crippen LogP contribution in [0.5, 0.6) is 0 Å². The molecule has 2 unspecified atom stereocenters. The van der Waals surface area contributed by atoms with Crippen LogP contribution in [-0.2, 0) is 0 Å². The number of para-hydroxylation sites is 2. The lowest BCUT2D eigenvalue weighted by atomic mass is 9.70. The van der Waals surface area contributed by atoms with Gasteiger partial charge in [-0.1, -0.05) is 31.4 Å². The summed E-state index contributed by atoms with van der Waals surface area (Å²) in [6, 6.07) is 7.39. The molecule has 4 heteroatoms. The van der Waals surface area contributed by atoms with Crippen molar-refractivity contribution in [2.24, 2.45) is 11.8 Å². The summed E-state index contributed by atoms with van der Waals surface area (Å²) < 4.78 is 0. The molecule has 102 valence electrons. The van der Waals surface area contributed by atoms with Gasteiger partial charge in [0.25, 0.3) is 5.69 Å². The van der Waals surface area contributed by atoms with E-state index in [-0.39, 0.29) is 10.6 Å². The zero-order chi connectivity index (χ0) is 13.2. The second-order valence-corrected chi connectivity index (χ2v) is 5.99. The van der Waals surface area contributed by atoms with E-state index < -0.39 is 0 Å². The molecule has 0 radical (unpaired) electrons. The molecule has 0 heterocycles. The molecule has 1 N–H and O–H groups in total. The summed E-state index contributed by atoms with van der Waals surface area (Å²) in [5.41, 5.74) is 0.871. The Morgan fingerprint density at radius 1 is 1.11 bits per heavy atom. The van der Waals surface area contributed by atoms with Crippen molar-refractivity contribution in [2.45, 2.75) is 44.6 Å². The molecule has 0 aromatic heterocycles. The zero-order valence-corrected chi connectivity index (χ0v) is 11.0. The fourth-order valence-electron chi connectivity index (χ4n) is 3.82. The van der Waals surface area contributed by atoms with Gasteiger partial charge in [-0.2, -0.15) is 0 Å². The minimum Gasteiger partial charge on any atom is -0.377 e. The first-order valence-electron chi connectivity index (χ1n) is 7.22. The summed E-state index contributed by atoms with van der Waals surface area (Å²) in [5, 5.41) is 14.4. The molecule has 4 nitrogen and oxygen atoms in total. The Balaban J connectivity index is 1.73. The summed E-state index contributed by atoms with van der Waals surface area (Å²) in [4.78, 5) is 10.7. The van der Waals surface area contributed by atoms with Gasteiger partial charge in [0.2, 0.25) is 0 Å². The van der Waals surface area contributed by atoms with Crippen LogP contribution in [0, 0.1) is 22.0 Å². The van der Waals surface area contributed by atoms with Crippen LogP contribution in [0.2, 0.25) is 0 Å². The fraction of sp³-hybridized carbons (Fsp3) is 0.600. The number of benzene rings is 1. The second-order valence-electron chi connectivity index (χ2n) is 5.99. The summed E-state index contributed by atoms with van der Waals surface area (Å²) in [5.74, 6) is 1.65. The van der Waals surface area contributed by atoms with Gasteiger partial charge in [-0.3, -0.25) is 10.1 Å². The number of nitrogens with one attached hydrogen (secondary N) is 1. The molecule has 0 saturated heterocycles. The Morgan fingerprint density at radius 3 is 2.47 bits per heavy atom. The highest BCUT2D eigenvalue weighted by Crippen LogP contribution is 2.41. The van der Waals surface area contributed by atoms with Crippen LogP contribution in [0.4, 0.5) is 11.4 Å². The maximum absolute atomic E-state index is 11.0. The number of hydrogen-bond donors (Lipinski definition) is 1. The summed E-state index contributed by atoms with van der Waals surface area (Å²) in [7, 11) is 0. The summed E-state index contributed by atoms with van der Waals surface area (Å²) >= 11 is 0. The van der Waals surface area contributed by atoms with Crippen molar-refractivity contribution in [2.75, 3.05) is 5.32 Å². The van der Waals surface area contributed by atoms with Crippen molar-refractivity contribution in [3.05, 3.63) is 34.4 Å². The topological polar surface area (TPSA) is 55.2 Å². The summed E-state index contributed by atoms with van der Waals surface area (Å²) in [6.07, 6.45) is 7.75. The molecule has 2 atom stereocenters. The number of hydrogen-bond acceptors (Lipinski definition) is 3. The predicted molar refractivity (Wildman–Crippen MR) is 75.2 cm³/mol. The molecule has 1 aromatic carbocycles. The van der Waals surface area contributed by atoms with Crippen molar-refractivity contribution in [3.8, 4) is 0 Å². The van der Waals surface area contributed by atoms with E-state index in [9.17, 15) is 10.1 Å². The molecule has 2 fully saturated rings. The van der Waals surface area contributed by atoms with Crippen molar-refractivity contribution in [3.63, 3.8) is 0 Å². The van der Waals surface area contributed by atoms with Crippen LogP contribution in [-0.4, -0.2) is 11.0 Å². The molecule has 0 amide bonds. The lowest BCUT2D eigenvalue weighted by molar-refractivity contribution is -0.384. The molecule has 2 saturated carbocycles. The smallest absolute Gasteiger partial charge is 0.292 e. The fourth-order valence-corrected chi connectivity index (χ4v) is 3.82. The van der Waals surface area contributed by atoms with Gasteiger partial charge in [-0.25, -0.2) is 0 Å². The van der Waals surface area contributed by atoms with Gasteiger partial charge in [-0.05, 0) is 37.2 Å². The zero-order valence-electron chi connectivity index (χ0n) is 11.0. The molecular formula is C15H20N2O2. The average molecular weight is 260 g/mol. The minimum atomic E-state index is -0.300. The van der Waals surface area contributed by atoms with Crippen LogP contribution < -0.4 is 5.32 Å². The van der Waals surface area contributed by atoms with Gasteiger partial charge < -0.3 is 5.32 Å². The van der Waals surface area contributed by atoms with Gasteiger partial charge in [0.1, 0.15) is 5.69 Å². The van der Waals surface area contributed by atoms with Crippen LogP contribution in [0.25, 0.3) is 0 Å². The van der Waals surface area contributed by atoms with Crippen molar-refractivity contribution in [1.29, 1.82) is 0 Å². The van der Waals surface area contributed by atoms with Crippen LogP contribution >= 0.6 is 0 Å². The number of anilines is 1. The maximum Gasteiger partial charge on any atom is 0.292 e. The third-order valence-electron chi connectivity index (χ3n) is 4.59. The van der Waals surface area contributed by atoms with Crippen molar-refractivity contribution >= 4 is 11.4 Å². The van der Waals surface area contributed by atoms with E-state index >= 15 is 0 Å². The maximum atomic E-state index is 11.0. The number of fused-ring (bicyclic) bond motifs is 2. The molecule has 2 bridgehead atoms. The largest absolute Gasteiger partial charge is 0.377 e. The molecule has 3 rings (SSSR count). The van der Waals surface area contributed by atoms with E-state index in [1.807, 2.05) is 12.1 Å². The number of nitro benzene ring substituents is 1. The van der Waals surface area contributed by atoms with E-state index in [1.165, 1.54) is 38.5 Å². The lowest BCUT2D eigenvalue weighted by Crippen LogP contribution is -2.34. The van der Waals surface area contributed by atoms with Crippen LogP contribution in [0.3, 0.4) is 0 Å². The molecule has 0 spiro atoms. The van der Waals surface area contributed by atoms with Crippen LogP contribution in [0.15, 0.2) is 24.3 Å². The first-order chi connectivity index (χ1) is 9.22. The first kappa shape index (κ1) is 12.5. The van der Waals surface area contributed by atoms with Gasteiger partial charge in [-0.15, -0.1) is 0 Å². The van der Waals surface area contributed by atoms with E-state index in [1.54, 1.807) is 12.1 Å². The van der Waals surface area contributed by atoms with Crippen molar-refractivity contribution in [1.82, 2.24) is 0 Å². The SMILES string of the molecule is O=[N+]([O-])c1ccccc1NC1CC2CCCC(C2)C1. The highest BCUT2D eigenvalue weighted by Gasteiger charge is 2.32. The lowest BCUT2D eigenvalue weighted by Gasteiger charge is -2.39. The monoisotopic (exact) mass is 260 g/mol. The van der Waals surface area contributed by atoms with Crippen molar-refractivity contribution < 1.29 is 4.92 Å². The molecule has 19 heavy (non-hydrogen) atoms. The Kier molecular flexibility index (Phi) is 3.40. The third-order valence-corrected chi connectivity index (χ3v) is 4.59. The molecular weight excluding hydrogens is 240 g/mol. The van der Waals surface area contributed by atoms with Gasteiger partial charge in [0, 0.05) is 12.1 Å². The molecule has 2 aliphatic carbocycles. The average Bonchev–Trinajstić information content (AvgIpc) is 2.38. The van der Waals surface area contributed by atoms with E-state index in [4.69, 9.17) is 0 Å². The Labute approximate surface area is 113 Å². The Morgan fingerprint density at radius 2 is 1.79 bits per heavy atom. The number of nitrogens with zero attached hydrogens (tertiary/aromatic N) is 1. The minimum absolute atomic E-state index is 0.193. The summed E-state index contributed by atoms with van der Waals surface area (Å²) in [6.45, 7) is 0. The highest BCUT2D eigenvalue weighted by molar-refractivity contribution is 5.61.